The molecule has 0 aliphatic carbocycles. The van der Waals surface area contributed by atoms with Crippen molar-refractivity contribution < 1.29 is 13.2 Å². The molecule has 0 spiro atoms. The van der Waals surface area contributed by atoms with E-state index in [1.165, 1.54) is 0 Å². The minimum absolute atomic E-state index is 0.00458. The summed E-state index contributed by atoms with van der Waals surface area (Å²) in [6.07, 6.45) is 2.47. The summed E-state index contributed by atoms with van der Waals surface area (Å²) in [6, 6.07) is 1.89. The van der Waals surface area contributed by atoms with Crippen molar-refractivity contribution in [1.82, 2.24) is 15.1 Å². The van der Waals surface area contributed by atoms with Gasteiger partial charge in [-0.3, -0.25) is 4.68 Å². The highest BCUT2D eigenvalue weighted by Gasteiger charge is 2.27. The summed E-state index contributed by atoms with van der Waals surface area (Å²) in [5, 5.41) is 6.96. The van der Waals surface area contributed by atoms with Crippen molar-refractivity contribution >= 4 is 11.8 Å². The fourth-order valence-electron chi connectivity index (χ4n) is 1.23. The molecule has 1 aromatic rings. The third-order valence-corrected chi connectivity index (χ3v) is 2.76. The average molecular weight is 253 g/mol. The molecule has 0 aliphatic heterocycles. The van der Waals surface area contributed by atoms with Crippen LogP contribution in [0.5, 0.6) is 0 Å². The molecule has 0 bridgehead atoms. The van der Waals surface area contributed by atoms with Gasteiger partial charge in [0, 0.05) is 44.2 Å². The van der Waals surface area contributed by atoms with E-state index in [-0.39, 0.29) is 17.5 Å². The Hall–Kier alpha value is -0.690. The third-order valence-electron chi connectivity index (χ3n) is 2.02. The lowest BCUT2D eigenvalue weighted by molar-refractivity contribution is -0.0327. The minimum atomic E-state index is -4.12. The fraction of sp³-hybridized carbons (Fsp3) is 0.667. The van der Waals surface area contributed by atoms with E-state index in [2.05, 4.69) is 10.4 Å². The molecular weight excluding hydrogens is 239 g/mol. The molecule has 0 aromatic carbocycles. The number of rotatable bonds is 6. The van der Waals surface area contributed by atoms with Crippen molar-refractivity contribution in [3.8, 4) is 0 Å². The van der Waals surface area contributed by atoms with Crippen LogP contribution in [0.15, 0.2) is 12.3 Å². The quantitative estimate of drug-likeness (QED) is 0.784. The molecule has 0 aliphatic rings. The highest BCUT2D eigenvalue weighted by Crippen LogP contribution is 2.29. The number of halogens is 3. The van der Waals surface area contributed by atoms with Crippen molar-refractivity contribution in [1.29, 1.82) is 0 Å². The Bertz CT molecular complexity index is 311. The molecule has 0 amide bonds. The van der Waals surface area contributed by atoms with Gasteiger partial charge < -0.3 is 5.32 Å². The molecule has 1 heterocycles. The zero-order valence-electron chi connectivity index (χ0n) is 8.92. The van der Waals surface area contributed by atoms with Gasteiger partial charge in [0.1, 0.15) is 0 Å². The number of alkyl halides is 3. The number of aromatic nitrogens is 2. The van der Waals surface area contributed by atoms with Crippen molar-refractivity contribution in [2.24, 2.45) is 7.05 Å². The molecule has 0 atom stereocenters. The van der Waals surface area contributed by atoms with Crippen LogP contribution >= 0.6 is 11.8 Å². The van der Waals surface area contributed by atoms with Crippen molar-refractivity contribution in [3.05, 3.63) is 18.0 Å². The van der Waals surface area contributed by atoms with E-state index in [0.717, 1.165) is 12.1 Å². The number of hydrogen-bond donors (Lipinski definition) is 1. The van der Waals surface area contributed by atoms with E-state index in [4.69, 9.17) is 0 Å². The normalized spacial score (nSPS) is 12.0. The molecule has 0 radical (unpaired) electrons. The fourth-order valence-corrected chi connectivity index (χ4v) is 1.70. The third kappa shape index (κ3) is 5.41. The molecule has 3 nitrogen and oxygen atoms in total. The number of aryl methyl sites for hydroxylation is 1. The second-order valence-corrected chi connectivity index (χ2v) is 4.40. The average Bonchev–Trinajstić information content (AvgIpc) is 2.56. The Morgan fingerprint density at radius 3 is 2.75 bits per heavy atom. The topological polar surface area (TPSA) is 29.9 Å². The van der Waals surface area contributed by atoms with Gasteiger partial charge in [0.25, 0.3) is 0 Å². The van der Waals surface area contributed by atoms with Gasteiger partial charge in [0.15, 0.2) is 0 Å². The van der Waals surface area contributed by atoms with Gasteiger partial charge in [-0.05, 0) is 17.8 Å². The molecule has 0 unspecified atom stereocenters. The Balaban J connectivity index is 2.03. The molecule has 0 saturated carbocycles. The second kappa shape index (κ2) is 6.15. The van der Waals surface area contributed by atoms with Crippen LogP contribution in [0.3, 0.4) is 0 Å². The zero-order chi connectivity index (χ0) is 12.0. The molecule has 7 heteroatoms. The summed E-state index contributed by atoms with van der Waals surface area (Å²) in [6.45, 7) is 1.03. The van der Waals surface area contributed by atoms with Crippen LogP contribution in [-0.4, -0.2) is 34.1 Å². The Labute approximate surface area is 96.4 Å². The summed E-state index contributed by atoms with van der Waals surface area (Å²) in [5.74, 6) is 0.0505. The maximum Gasteiger partial charge on any atom is 0.441 e. The van der Waals surface area contributed by atoms with Gasteiger partial charge in [-0.15, -0.1) is 0 Å². The Kier molecular flexibility index (Phi) is 5.14. The predicted molar refractivity (Wildman–Crippen MR) is 58.3 cm³/mol. The van der Waals surface area contributed by atoms with Crippen LogP contribution in [0.2, 0.25) is 0 Å². The molecule has 0 fully saturated rings. The maximum absolute atomic E-state index is 11.8. The number of thioether (sulfide) groups is 1. The van der Waals surface area contributed by atoms with Gasteiger partial charge in [-0.1, -0.05) is 0 Å². The summed E-state index contributed by atoms with van der Waals surface area (Å²) in [7, 11) is 1.84. The monoisotopic (exact) mass is 253 g/mol. The van der Waals surface area contributed by atoms with Crippen LogP contribution < -0.4 is 5.32 Å². The zero-order valence-corrected chi connectivity index (χ0v) is 9.74. The SMILES string of the molecule is Cn1nccc1CCNCCSC(F)(F)F. The summed E-state index contributed by atoms with van der Waals surface area (Å²) >= 11 is 0.00458. The summed E-state index contributed by atoms with van der Waals surface area (Å²) in [5.41, 5.74) is -3.06. The molecule has 1 N–H and O–H groups in total. The Morgan fingerprint density at radius 2 is 2.19 bits per heavy atom. The van der Waals surface area contributed by atoms with E-state index < -0.39 is 5.51 Å². The summed E-state index contributed by atoms with van der Waals surface area (Å²) in [4.78, 5) is 0. The van der Waals surface area contributed by atoms with E-state index >= 15 is 0 Å². The van der Waals surface area contributed by atoms with Gasteiger partial charge in [0.2, 0.25) is 0 Å². The van der Waals surface area contributed by atoms with Gasteiger partial charge in [-0.25, -0.2) is 0 Å². The molecule has 92 valence electrons. The molecule has 1 aromatic heterocycles. The molecular formula is C9H14F3N3S. The lowest BCUT2D eigenvalue weighted by Crippen LogP contribution is -2.22. The van der Waals surface area contributed by atoms with Crippen molar-refractivity contribution in [3.63, 3.8) is 0 Å². The lowest BCUT2D eigenvalue weighted by atomic mass is 10.3. The number of nitrogens with one attached hydrogen (secondary N) is 1. The van der Waals surface area contributed by atoms with Crippen LogP contribution in [0.4, 0.5) is 13.2 Å². The van der Waals surface area contributed by atoms with E-state index in [0.29, 0.717) is 13.1 Å². The van der Waals surface area contributed by atoms with Crippen LogP contribution in [0.1, 0.15) is 5.69 Å². The van der Waals surface area contributed by atoms with Crippen molar-refractivity contribution in [2.75, 3.05) is 18.8 Å². The first-order valence-corrected chi connectivity index (χ1v) is 5.86. The molecule has 0 saturated heterocycles. The first kappa shape index (κ1) is 13.4. The lowest BCUT2D eigenvalue weighted by Gasteiger charge is -2.07. The van der Waals surface area contributed by atoms with E-state index in [1.54, 1.807) is 10.9 Å². The van der Waals surface area contributed by atoms with Gasteiger partial charge >= 0.3 is 5.51 Å². The van der Waals surface area contributed by atoms with E-state index in [1.807, 2.05) is 13.1 Å². The van der Waals surface area contributed by atoms with Gasteiger partial charge in [0.05, 0.1) is 0 Å². The minimum Gasteiger partial charge on any atom is -0.316 e. The second-order valence-electron chi connectivity index (χ2n) is 3.24. The smallest absolute Gasteiger partial charge is 0.316 e. The van der Waals surface area contributed by atoms with Crippen LogP contribution in [-0.2, 0) is 13.5 Å². The highest BCUT2D eigenvalue weighted by molar-refractivity contribution is 8.00. The predicted octanol–water partition coefficient (Wildman–Crippen LogP) is 1.81. The standard InChI is InChI=1S/C9H14F3N3S/c1-15-8(3-5-14-15)2-4-13-6-7-16-9(10,11)12/h3,5,13H,2,4,6-7H2,1H3. The maximum atomic E-state index is 11.8. The van der Waals surface area contributed by atoms with Gasteiger partial charge in [-0.2, -0.15) is 18.3 Å². The first-order chi connectivity index (χ1) is 7.49. The van der Waals surface area contributed by atoms with Crippen LogP contribution in [0.25, 0.3) is 0 Å². The Morgan fingerprint density at radius 1 is 1.44 bits per heavy atom. The molecule has 1 rings (SSSR count). The number of hydrogen-bond acceptors (Lipinski definition) is 3. The number of nitrogens with zero attached hydrogens (tertiary/aromatic N) is 2. The highest BCUT2D eigenvalue weighted by atomic mass is 32.2. The van der Waals surface area contributed by atoms with E-state index in [9.17, 15) is 13.2 Å². The molecule has 16 heavy (non-hydrogen) atoms. The summed E-state index contributed by atoms with van der Waals surface area (Å²) < 4.78 is 37.0. The largest absolute Gasteiger partial charge is 0.441 e. The van der Waals surface area contributed by atoms with Crippen molar-refractivity contribution in [2.45, 2.75) is 11.9 Å². The first-order valence-electron chi connectivity index (χ1n) is 4.87. The van der Waals surface area contributed by atoms with Crippen LogP contribution in [0, 0.1) is 0 Å².